The Morgan fingerprint density at radius 3 is 2.35 bits per heavy atom. The van der Waals surface area contributed by atoms with Crippen LogP contribution in [0.25, 0.3) is 0 Å². The van der Waals surface area contributed by atoms with Crippen molar-refractivity contribution in [3.63, 3.8) is 0 Å². The molecule has 17 heavy (non-hydrogen) atoms. The molecular weight excluding hydrogens is 218 g/mol. The molecule has 5 heteroatoms. The Morgan fingerprint density at radius 2 is 1.82 bits per heavy atom. The Bertz CT molecular complexity index is 379. The summed E-state index contributed by atoms with van der Waals surface area (Å²) in [5, 5.41) is 8.05. The third-order valence-corrected chi connectivity index (χ3v) is 2.31. The first-order valence-electron chi connectivity index (χ1n) is 5.41. The maximum absolute atomic E-state index is 11.8. The van der Waals surface area contributed by atoms with Crippen LogP contribution in [-0.4, -0.2) is 38.5 Å². The number of amides is 2. The zero-order valence-corrected chi connectivity index (χ0v) is 9.99. The number of nitrogens with one attached hydrogen (secondary N) is 3. The van der Waals surface area contributed by atoms with Crippen molar-refractivity contribution >= 4 is 11.8 Å². The van der Waals surface area contributed by atoms with Gasteiger partial charge in [-0.1, -0.05) is 18.2 Å². The van der Waals surface area contributed by atoms with E-state index in [1.54, 1.807) is 38.4 Å². The smallest absolute Gasteiger partial charge is 0.251 e. The number of carbonyl (C=O) groups is 2. The molecular formula is C12H17N3O2. The van der Waals surface area contributed by atoms with E-state index in [1.165, 1.54) is 0 Å². The van der Waals surface area contributed by atoms with Crippen molar-refractivity contribution in [2.45, 2.75) is 6.04 Å². The molecule has 0 radical (unpaired) electrons. The number of carbonyl (C=O) groups excluding carboxylic acids is 2. The normalized spacial score (nSPS) is 11.6. The fraction of sp³-hybridized carbons (Fsp3) is 0.333. The van der Waals surface area contributed by atoms with Gasteiger partial charge in [0.15, 0.2) is 0 Å². The Balaban J connectivity index is 2.67. The highest BCUT2D eigenvalue weighted by Gasteiger charge is 2.19. The second-order valence-electron chi connectivity index (χ2n) is 3.56. The summed E-state index contributed by atoms with van der Waals surface area (Å²) in [5.74, 6) is -0.474. The van der Waals surface area contributed by atoms with E-state index in [9.17, 15) is 9.59 Å². The molecule has 1 atom stereocenters. The molecule has 5 nitrogen and oxygen atoms in total. The fourth-order valence-electron chi connectivity index (χ4n) is 1.42. The molecule has 0 fully saturated rings. The van der Waals surface area contributed by atoms with Gasteiger partial charge in [-0.05, 0) is 19.2 Å². The Morgan fingerprint density at radius 1 is 1.18 bits per heavy atom. The molecule has 0 aliphatic rings. The summed E-state index contributed by atoms with van der Waals surface area (Å²) < 4.78 is 0. The third-order valence-electron chi connectivity index (χ3n) is 2.31. The summed E-state index contributed by atoms with van der Waals surface area (Å²) in [7, 11) is 3.27. The average molecular weight is 235 g/mol. The van der Waals surface area contributed by atoms with Gasteiger partial charge >= 0.3 is 0 Å². The first-order chi connectivity index (χ1) is 8.19. The number of hydrogen-bond donors (Lipinski definition) is 3. The lowest BCUT2D eigenvalue weighted by Crippen LogP contribution is -2.50. The van der Waals surface area contributed by atoms with E-state index in [1.807, 2.05) is 6.07 Å². The molecule has 0 aliphatic heterocycles. The largest absolute Gasteiger partial charge is 0.357 e. The predicted molar refractivity (Wildman–Crippen MR) is 65.7 cm³/mol. The Kier molecular flexibility index (Phi) is 5.16. The van der Waals surface area contributed by atoms with E-state index in [0.29, 0.717) is 12.1 Å². The highest BCUT2D eigenvalue weighted by Crippen LogP contribution is 1.98. The van der Waals surface area contributed by atoms with Crippen LogP contribution >= 0.6 is 0 Å². The number of rotatable bonds is 5. The summed E-state index contributed by atoms with van der Waals surface area (Å²) >= 11 is 0. The van der Waals surface area contributed by atoms with Gasteiger partial charge in [-0.25, -0.2) is 0 Å². The van der Waals surface area contributed by atoms with E-state index in [-0.39, 0.29) is 11.8 Å². The van der Waals surface area contributed by atoms with Crippen LogP contribution < -0.4 is 16.0 Å². The highest BCUT2D eigenvalue weighted by atomic mass is 16.2. The molecule has 1 aromatic rings. The zero-order valence-electron chi connectivity index (χ0n) is 9.99. The van der Waals surface area contributed by atoms with Gasteiger partial charge in [0, 0.05) is 19.2 Å². The maximum atomic E-state index is 11.8. The number of benzene rings is 1. The van der Waals surface area contributed by atoms with Gasteiger partial charge in [0.25, 0.3) is 5.91 Å². The first kappa shape index (κ1) is 13.2. The maximum Gasteiger partial charge on any atom is 0.251 e. The number of hydrogen-bond acceptors (Lipinski definition) is 3. The van der Waals surface area contributed by atoms with Gasteiger partial charge < -0.3 is 16.0 Å². The lowest BCUT2D eigenvalue weighted by atomic mass is 10.2. The lowest BCUT2D eigenvalue weighted by molar-refractivity contribution is -0.122. The molecule has 0 spiro atoms. The fourth-order valence-corrected chi connectivity index (χ4v) is 1.42. The SMILES string of the molecule is CNCC(NC(=O)c1ccccc1)C(=O)NC. The molecule has 2 amide bonds. The summed E-state index contributed by atoms with van der Waals surface area (Å²) in [4.78, 5) is 23.3. The van der Waals surface area contributed by atoms with E-state index in [0.717, 1.165) is 0 Å². The van der Waals surface area contributed by atoms with Gasteiger partial charge in [0.2, 0.25) is 5.91 Å². The third kappa shape index (κ3) is 3.88. The highest BCUT2D eigenvalue weighted by molar-refractivity contribution is 5.97. The van der Waals surface area contributed by atoms with Gasteiger partial charge in [-0.2, -0.15) is 0 Å². The molecule has 3 N–H and O–H groups in total. The molecule has 0 bridgehead atoms. The van der Waals surface area contributed by atoms with E-state index in [4.69, 9.17) is 0 Å². The second kappa shape index (κ2) is 6.65. The van der Waals surface area contributed by atoms with Gasteiger partial charge in [-0.15, -0.1) is 0 Å². The minimum Gasteiger partial charge on any atom is -0.357 e. The topological polar surface area (TPSA) is 70.2 Å². The van der Waals surface area contributed by atoms with Crippen LogP contribution in [0.5, 0.6) is 0 Å². The van der Waals surface area contributed by atoms with Crippen LogP contribution in [0.2, 0.25) is 0 Å². The van der Waals surface area contributed by atoms with E-state index in [2.05, 4.69) is 16.0 Å². The van der Waals surface area contributed by atoms with Gasteiger partial charge in [0.1, 0.15) is 6.04 Å². The zero-order chi connectivity index (χ0) is 12.7. The second-order valence-corrected chi connectivity index (χ2v) is 3.56. The minimum absolute atomic E-state index is 0.219. The van der Waals surface area contributed by atoms with Crippen molar-refractivity contribution in [1.29, 1.82) is 0 Å². The monoisotopic (exact) mass is 235 g/mol. The van der Waals surface area contributed by atoms with Crippen LogP contribution in [0.4, 0.5) is 0 Å². The molecule has 92 valence electrons. The minimum atomic E-state index is -0.572. The molecule has 1 aromatic carbocycles. The standard InChI is InChI=1S/C12H17N3O2/c1-13-8-10(12(17)14-2)15-11(16)9-6-4-3-5-7-9/h3-7,10,13H,8H2,1-2H3,(H,14,17)(H,15,16). The van der Waals surface area contributed by atoms with Crippen molar-refractivity contribution < 1.29 is 9.59 Å². The van der Waals surface area contributed by atoms with Crippen molar-refractivity contribution in [1.82, 2.24) is 16.0 Å². The van der Waals surface area contributed by atoms with Crippen LogP contribution in [0.15, 0.2) is 30.3 Å². The summed E-state index contributed by atoms with van der Waals surface area (Å²) in [6.45, 7) is 0.387. The van der Waals surface area contributed by atoms with E-state index < -0.39 is 6.04 Å². The summed E-state index contributed by atoms with van der Waals surface area (Å²) in [6, 6.07) is 8.23. The predicted octanol–water partition coefficient (Wildman–Crippen LogP) is -0.250. The van der Waals surface area contributed by atoms with Crippen LogP contribution in [0, 0.1) is 0 Å². The van der Waals surface area contributed by atoms with Crippen molar-refractivity contribution in [3.05, 3.63) is 35.9 Å². The van der Waals surface area contributed by atoms with Gasteiger partial charge in [0.05, 0.1) is 0 Å². The van der Waals surface area contributed by atoms with Crippen molar-refractivity contribution in [2.24, 2.45) is 0 Å². The van der Waals surface area contributed by atoms with Crippen molar-refractivity contribution in [2.75, 3.05) is 20.6 Å². The van der Waals surface area contributed by atoms with Crippen molar-refractivity contribution in [3.8, 4) is 0 Å². The molecule has 1 unspecified atom stereocenters. The van der Waals surface area contributed by atoms with Crippen LogP contribution in [0.1, 0.15) is 10.4 Å². The Hall–Kier alpha value is -1.88. The lowest BCUT2D eigenvalue weighted by Gasteiger charge is -2.16. The van der Waals surface area contributed by atoms with Gasteiger partial charge in [-0.3, -0.25) is 9.59 Å². The first-order valence-corrected chi connectivity index (χ1v) is 5.41. The molecule has 0 aromatic heterocycles. The molecule has 1 rings (SSSR count). The number of likely N-dealkylation sites (N-methyl/N-ethyl adjacent to an activating group) is 2. The van der Waals surface area contributed by atoms with E-state index >= 15 is 0 Å². The molecule has 0 aliphatic carbocycles. The van der Waals surface area contributed by atoms with Crippen LogP contribution in [-0.2, 0) is 4.79 Å². The summed E-state index contributed by atoms with van der Waals surface area (Å²) in [6.07, 6.45) is 0. The molecule has 0 saturated carbocycles. The Labute approximate surface area is 101 Å². The van der Waals surface area contributed by atoms with Crippen LogP contribution in [0.3, 0.4) is 0 Å². The summed E-state index contributed by atoms with van der Waals surface area (Å²) in [5.41, 5.74) is 0.539. The quantitative estimate of drug-likeness (QED) is 0.659. The molecule has 0 saturated heterocycles. The molecule has 0 heterocycles. The average Bonchev–Trinajstić information content (AvgIpc) is 2.38.